The van der Waals surface area contributed by atoms with Gasteiger partial charge in [0, 0.05) is 37.7 Å². The van der Waals surface area contributed by atoms with E-state index in [1.54, 1.807) is 20.0 Å². The third-order valence-corrected chi connectivity index (χ3v) is 4.39. The number of hydrogen-bond donors (Lipinski definition) is 3. The van der Waals surface area contributed by atoms with Crippen LogP contribution >= 0.6 is 0 Å². The molecular formula is C18H25N3O5. The summed E-state index contributed by atoms with van der Waals surface area (Å²) in [5.41, 5.74) is 1.02. The largest absolute Gasteiger partial charge is 0.449 e. The molecule has 8 heteroatoms. The van der Waals surface area contributed by atoms with E-state index in [4.69, 9.17) is 4.74 Å². The molecule has 1 saturated heterocycles. The van der Waals surface area contributed by atoms with E-state index in [2.05, 4.69) is 15.6 Å². The molecule has 8 nitrogen and oxygen atoms in total. The number of piperidine rings is 1. The van der Waals surface area contributed by atoms with Crippen LogP contribution in [0.5, 0.6) is 0 Å². The second-order valence-corrected chi connectivity index (χ2v) is 6.75. The lowest BCUT2D eigenvalue weighted by Crippen LogP contribution is -2.48. The highest BCUT2D eigenvalue weighted by atomic mass is 16.5. The summed E-state index contributed by atoms with van der Waals surface area (Å²) >= 11 is 0. The van der Waals surface area contributed by atoms with Crippen LogP contribution in [0.3, 0.4) is 0 Å². The molecule has 0 spiro atoms. The average Bonchev–Trinajstić information content (AvgIpc) is 3.10. The molecule has 26 heavy (non-hydrogen) atoms. The van der Waals surface area contributed by atoms with Crippen molar-refractivity contribution in [3.8, 4) is 0 Å². The second kappa shape index (κ2) is 9.17. The predicted molar refractivity (Wildman–Crippen MR) is 93.4 cm³/mol. The van der Waals surface area contributed by atoms with Gasteiger partial charge >= 0.3 is 6.09 Å². The van der Waals surface area contributed by atoms with Crippen molar-refractivity contribution in [2.45, 2.75) is 39.2 Å². The first-order chi connectivity index (χ1) is 12.4. The zero-order chi connectivity index (χ0) is 19.1. The summed E-state index contributed by atoms with van der Waals surface area (Å²) in [7, 11) is 0. The highest BCUT2D eigenvalue weighted by Gasteiger charge is 2.34. The number of carbonyl (C=O) groups excluding carboxylic acids is 4. The van der Waals surface area contributed by atoms with Crippen LogP contribution in [0.1, 0.15) is 32.3 Å². The number of alkyl carbamates (subject to hydrolysis) is 1. The molecule has 0 aliphatic carbocycles. The van der Waals surface area contributed by atoms with E-state index in [1.165, 1.54) is 0 Å². The Bertz CT molecular complexity index is 654. The molecule has 0 aromatic carbocycles. The smallest absolute Gasteiger partial charge is 0.407 e. The summed E-state index contributed by atoms with van der Waals surface area (Å²) in [4.78, 5) is 50.7. The lowest BCUT2D eigenvalue weighted by atomic mass is 9.87. The van der Waals surface area contributed by atoms with Crippen LogP contribution in [0, 0.1) is 11.8 Å². The van der Waals surface area contributed by atoms with Crippen molar-refractivity contribution in [3.05, 3.63) is 24.0 Å². The number of rotatable bonds is 8. The average molecular weight is 363 g/mol. The normalized spacial score (nSPS) is 18.3. The Hall–Kier alpha value is -2.64. The Labute approximate surface area is 152 Å². The first kappa shape index (κ1) is 19.7. The van der Waals surface area contributed by atoms with Gasteiger partial charge in [-0.15, -0.1) is 0 Å². The molecule has 1 aromatic heterocycles. The quantitative estimate of drug-likeness (QED) is 0.595. The van der Waals surface area contributed by atoms with Gasteiger partial charge in [-0.05, 0) is 24.0 Å². The van der Waals surface area contributed by atoms with Gasteiger partial charge < -0.3 is 20.4 Å². The van der Waals surface area contributed by atoms with Gasteiger partial charge in [-0.2, -0.15) is 0 Å². The molecule has 2 heterocycles. The molecular weight excluding hydrogens is 338 g/mol. The molecule has 0 saturated carbocycles. The number of carbonyl (C=O) groups is 4. The molecule has 2 amide bonds. The fourth-order valence-corrected chi connectivity index (χ4v) is 2.89. The first-order valence-electron chi connectivity index (χ1n) is 8.78. The minimum Gasteiger partial charge on any atom is -0.449 e. The maximum absolute atomic E-state index is 12.5. The molecule has 0 radical (unpaired) electrons. The Morgan fingerprint density at radius 1 is 1.35 bits per heavy atom. The van der Waals surface area contributed by atoms with Gasteiger partial charge in [-0.3, -0.25) is 14.4 Å². The maximum atomic E-state index is 12.5. The number of aromatic amines is 1. The molecule has 0 bridgehead atoms. The van der Waals surface area contributed by atoms with Gasteiger partial charge in [-0.1, -0.05) is 13.8 Å². The van der Waals surface area contributed by atoms with Crippen LogP contribution in [0.2, 0.25) is 0 Å². The number of Topliss-reactive ketones (excluding diaryl/α,β-unsaturated/α-hetero) is 2. The first-order valence-corrected chi connectivity index (χ1v) is 8.78. The Balaban J connectivity index is 1.84. The van der Waals surface area contributed by atoms with Crippen molar-refractivity contribution < 1.29 is 23.9 Å². The number of ketones is 2. The van der Waals surface area contributed by atoms with Crippen molar-refractivity contribution in [2.75, 3.05) is 13.2 Å². The van der Waals surface area contributed by atoms with Gasteiger partial charge in [0.05, 0.1) is 12.6 Å². The highest BCUT2D eigenvalue weighted by Crippen LogP contribution is 2.17. The van der Waals surface area contributed by atoms with Crippen LogP contribution < -0.4 is 10.6 Å². The number of ether oxygens (including phenoxy) is 1. The number of amides is 2. The third kappa shape index (κ3) is 5.44. The minimum atomic E-state index is -0.757. The molecule has 142 valence electrons. The van der Waals surface area contributed by atoms with E-state index >= 15 is 0 Å². The molecule has 2 unspecified atom stereocenters. The van der Waals surface area contributed by atoms with Crippen molar-refractivity contribution in [2.24, 2.45) is 11.8 Å². The molecule has 1 aromatic rings. The lowest BCUT2D eigenvalue weighted by molar-refractivity contribution is -0.143. The van der Waals surface area contributed by atoms with E-state index < -0.39 is 29.7 Å². The van der Waals surface area contributed by atoms with E-state index in [1.807, 2.05) is 12.3 Å². The van der Waals surface area contributed by atoms with Crippen LogP contribution in [-0.4, -0.2) is 47.7 Å². The maximum Gasteiger partial charge on any atom is 0.407 e. The topological polar surface area (TPSA) is 117 Å². The van der Waals surface area contributed by atoms with Gasteiger partial charge in [-0.25, -0.2) is 4.79 Å². The van der Waals surface area contributed by atoms with Crippen LogP contribution in [0.15, 0.2) is 18.5 Å². The van der Waals surface area contributed by atoms with E-state index in [0.29, 0.717) is 19.4 Å². The van der Waals surface area contributed by atoms with Gasteiger partial charge in [0.25, 0.3) is 5.91 Å². The van der Waals surface area contributed by atoms with E-state index in [-0.39, 0.29) is 24.7 Å². The molecule has 2 rings (SSSR count). The molecule has 3 N–H and O–H groups in total. The van der Waals surface area contributed by atoms with E-state index in [9.17, 15) is 19.2 Å². The zero-order valence-corrected chi connectivity index (χ0v) is 15.0. The summed E-state index contributed by atoms with van der Waals surface area (Å²) in [6.45, 7) is 4.18. The molecule has 1 aliphatic rings. The standard InChI is InChI=1S/C18H25N3O5/c1-11(2)15(14(22)9-13-4-7-20-17(24)16(13)23)21-18(25)26-8-5-12-3-6-19-10-12/h3,6,10-11,13,15,19H,4-5,7-9H2,1-2H3,(H,20,24)(H,21,25). The van der Waals surface area contributed by atoms with Crippen molar-refractivity contribution in [1.29, 1.82) is 0 Å². The highest BCUT2D eigenvalue weighted by molar-refractivity contribution is 6.37. The number of nitrogens with one attached hydrogen (secondary N) is 3. The van der Waals surface area contributed by atoms with Crippen LogP contribution in [-0.2, 0) is 25.5 Å². The van der Waals surface area contributed by atoms with Crippen molar-refractivity contribution >= 4 is 23.6 Å². The molecule has 1 fully saturated rings. The fraction of sp³-hybridized carbons (Fsp3) is 0.556. The van der Waals surface area contributed by atoms with Gasteiger partial charge in [0.1, 0.15) is 0 Å². The Morgan fingerprint density at radius 2 is 2.12 bits per heavy atom. The summed E-state index contributed by atoms with van der Waals surface area (Å²) in [6, 6.07) is 1.13. The zero-order valence-electron chi connectivity index (χ0n) is 15.0. The lowest BCUT2D eigenvalue weighted by Gasteiger charge is -2.25. The van der Waals surface area contributed by atoms with Crippen LogP contribution in [0.25, 0.3) is 0 Å². The minimum absolute atomic E-state index is 0.0568. The summed E-state index contributed by atoms with van der Waals surface area (Å²) < 4.78 is 5.13. The van der Waals surface area contributed by atoms with Crippen molar-refractivity contribution in [3.63, 3.8) is 0 Å². The number of H-pyrrole nitrogens is 1. The SMILES string of the molecule is CC(C)C(NC(=O)OCCc1cc[nH]c1)C(=O)CC1CCNC(=O)C1=O. The second-order valence-electron chi connectivity index (χ2n) is 6.75. The Morgan fingerprint density at radius 3 is 2.77 bits per heavy atom. The third-order valence-electron chi connectivity index (χ3n) is 4.39. The Kier molecular flexibility index (Phi) is 6.94. The van der Waals surface area contributed by atoms with Crippen LogP contribution in [0.4, 0.5) is 4.79 Å². The van der Waals surface area contributed by atoms with Gasteiger partial charge in [0.15, 0.2) is 5.78 Å². The molecule has 1 aliphatic heterocycles. The van der Waals surface area contributed by atoms with Gasteiger partial charge in [0.2, 0.25) is 5.78 Å². The van der Waals surface area contributed by atoms with Crippen molar-refractivity contribution in [1.82, 2.24) is 15.6 Å². The summed E-state index contributed by atoms with van der Waals surface area (Å²) in [5.74, 6) is -2.26. The monoisotopic (exact) mass is 363 g/mol. The van der Waals surface area contributed by atoms with E-state index in [0.717, 1.165) is 5.56 Å². The fourth-order valence-electron chi connectivity index (χ4n) is 2.89. The number of aromatic nitrogens is 1. The predicted octanol–water partition coefficient (Wildman–Crippen LogP) is 0.972. The number of hydrogen-bond acceptors (Lipinski definition) is 5. The molecule has 2 atom stereocenters. The summed E-state index contributed by atoms with van der Waals surface area (Å²) in [5, 5.41) is 5.04. The summed E-state index contributed by atoms with van der Waals surface area (Å²) in [6.07, 6.45) is 3.89.